The fourth-order valence-electron chi connectivity index (χ4n) is 12.4. The van der Waals surface area contributed by atoms with Gasteiger partial charge >= 0.3 is 0 Å². The monoisotopic (exact) mass is 1040 g/mol. The maximum absolute atomic E-state index is 9.34. The van der Waals surface area contributed by atoms with Crippen LogP contribution in [0, 0.1) is 0 Å². The summed E-state index contributed by atoms with van der Waals surface area (Å²) in [6, 6.07) is 76.3. The molecule has 14 rings (SSSR count). The van der Waals surface area contributed by atoms with Crippen LogP contribution in [0.4, 0.5) is 34.1 Å². The molecule has 3 heterocycles. The Morgan fingerprint density at radius 2 is 0.937 bits per heavy atom. The van der Waals surface area contributed by atoms with E-state index in [-0.39, 0.29) is 47.3 Å². The molecule has 12 aromatic rings. The predicted molar refractivity (Wildman–Crippen MR) is 339 cm³/mol. The molecule has 0 atom stereocenters. The predicted octanol–water partition coefficient (Wildman–Crippen LogP) is 18.8. The van der Waals surface area contributed by atoms with Crippen LogP contribution in [0.5, 0.6) is 0 Å². The fourth-order valence-corrected chi connectivity index (χ4v) is 12.6. The zero-order chi connectivity index (χ0) is 58.1. The smallest absolute Gasteiger partial charge is 0.252 e. The van der Waals surface area contributed by atoms with Gasteiger partial charge in [-0.05, 0) is 121 Å². The van der Waals surface area contributed by atoms with E-state index in [1.807, 2.05) is 24.3 Å². The molecule has 2 aliphatic heterocycles. The number of rotatable bonds is 7. The van der Waals surface area contributed by atoms with Crippen LogP contribution in [0.15, 0.2) is 249 Å². The van der Waals surface area contributed by atoms with Crippen molar-refractivity contribution in [1.82, 2.24) is 4.57 Å². The summed E-state index contributed by atoms with van der Waals surface area (Å²) in [6.45, 7) is 13.2. The van der Waals surface area contributed by atoms with E-state index >= 15 is 0 Å². The van der Waals surface area contributed by atoms with Crippen LogP contribution in [0.25, 0.3) is 72.0 Å². The summed E-state index contributed by atoms with van der Waals surface area (Å²) in [5, 5.41) is 2.81. The number of anilines is 6. The molecule has 0 radical (unpaired) electrons. The normalized spacial score (nSPS) is 13.8. The van der Waals surface area contributed by atoms with Crippen molar-refractivity contribution in [3.05, 3.63) is 265 Å². The fraction of sp³-hybridized carbons (Fsp3) is 0.108. The van der Waals surface area contributed by atoms with Crippen molar-refractivity contribution in [1.29, 1.82) is 0 Å². The molecule has 3 nitrogen and oxygen atoms in total. The molecular formula is C74H59BClN3. The van der Waals surface area contributed by atoms with E-state index in [0.717, 1.165) is 117 Å². The van der Waals surface area contributed by atoms with Crippen LogP contribution in [0.3, 0.4) is 0 Å². The third kappa shape index (κ3) is 8.03. The van der Waals surface area contributed by atoms with Gasteiger partial charge in [-0.15, -0.1) is 0 Å². The van der Waals surface area contributed by atoms with Crippen molar-refractivity contribution in [3.8, 4) is 50.2 Å². The molecule has 5 heteroatoms. The summed E-state index contributed by atoms with van der Waals surface area (Å²) in [7, 11) is 0. The Kier molecular flexibility index (Phi) is 10.2. The van der Waals surface area contributed by atoms with Gasteiger partial charge < -0.3 is 14.4 Å². The Morgan fingerprint density at radius 1 is 0.405 bits per heavy atom. The van der Waals surface area contributed by atoms with Crippen LogP contribution in [-0.2, 0) is 10.8 Å². The second-order valence-corrected chi connectivity index (χ2v) is 23.5. The average molecular weight is 1040 g/mol. The van der Waals surface area contributed by atoms with Gasteiger partial charge in [0.2, 0.25) is 0 Å². The number of para-hydroxylation sites is 3. The van der Waals surface area contributed by atoms with Gasteiger partial charge in [-0.25, -0.2) is 0 Å². The molecule has 0 N–H and O–H groups in total. The lowest BCUT2D eigenvalue weighted by Crippen LogP contribution is -2.61. The Hall–Kier alpha value is -8.83. The van der Waals surface area contributed by atoms with Gasteiger partial charge in [0.25, 0.3) is 6.71 Å². The maximum atomic E-state index is 9.34. The SMILES string of the molecule is [2H]c1c([2H])c([2H])c(-c2ccc3c(c2)N(c2c(-c4ccccc4)cccc2-c2ccccc2)c2cc(C(C)(C)C)cc4c2B3c2ccc(Cl)cc2N4c2c(-c3ccc(C(C)(C)C)cc3)ccc3c2c2ccccc2n3-c2ccccc2)c([2H])c1[2H]. The zero-order valence-corrected chi connectivity index (χ0v) is 45.8. The van der Waals surface area contributed by atoms with Crippen LogP contribution >= 0.6 is 11.6 Å². The molecule has 0 bridgehead atoms. The molecule has 0 aliphatic carbocycles. The molecule has 1 aromatic heterocycles. The minimum atomic E-state index is -0.429. The van der Waals surface area contributed by atoms with Crippen molar-refractivity contribution in [2.75, 3.05) is 9.80 Å². The highest BCUT2D eigenvalue weighted by atomic mass is 35.5. The van der Waals surface area contributed by atoms with Gasteiger partial charge in [0.15, 0.2) is 0 Å². The maximum Gasteiger partial charge on any atom is 0.252 e. The Labute approximate surface area is 476 Å². The quantitative estimate of drug-likeness (QED) is 0.147. The average Bonchev–Trinajstić information content (AvgIpc) is 1.03. The third-order valence-corrected chi connectivity index (χ3v) is 16.5. The van der Waals surface area contributed by atoms with Gasteiger partial charge in [-0.2, -0.15) is 0 Å². The van der Waals surface area contributed by atoms with Crippen LogP contribution in [-0.4, -0.2) is 11.3 Å². The summed E-state index contributed by atoms with van der Waals surface area (Å²) in [4.78, 5) is 4.95. The van der Waals surface area contributed by atoms with Crippen LogP contribution in [0.1, 0.15) is 59.5 Å². The van der Waals surface area contributed by atoms with Crippen molar-refractivity contribution < 1.29 is 6.85 Å². The summed E-state index contributed by atoms with van der Waals surface area (Å²) >= 11 is 7.40. The van der Waals surface area contributed by atoms with Crippen molar-refractivity contribution in [2.45, 2.75) is 52.4 Å². The van der Waals surface area contributed by atoms with E-state index < -0.39 is 6.04 Å². The molecular weight excluding hydrogens is 977 g/mol. The third-order valence-electron chi connectivity index (χ3n) is 16.2. The molecule has 0 amide bonds. The minimum absolute atomic E-state index is 0.0599. The van der Waals surface area contributed by atoms with E-state index in [2.05, 4.69) is 250 Å². The Morgan fingerprint density at radius 3 is 1.57 bits per heavy atom. The second kappa shape index (κ2) is 18.7. The lowest BCUT2D eigenvalue weighted by atomic mass is 9.33. The highest BCUT2D eigenvalue weighted by Crippen LogP contribution is 2.54. The van der Waals surface area contributed by atoms with E-state index in [9.17, 15) is 2.74 Å². The first kappa shape index (κ1) is 43.2. The lowest BCUT2D eigenvalue weighted by Gasteiger charge is -2.46. The number of hydrogen-bond acceptors (Lipinski definition) is 2. The van der Waals surface area contributed by atoms with Gasteiger partial charge in [0.1, 0.15) is 0 Å². The van der Waals surface area contributed by atoms with E-state index in [0.29, 0.717) is 10.6 Å². The minimum Gasteiger partial charge on any atom is -0.310 e. The standard InChI is InChI=1S/C74H59BClN3/c1-73(2,3)53-37-34-51(35-38-53)59-40-43-64-69(60-30-19-20-33-63(60)77(64)56-28-17-10-18-29-56)72(59)79-66-47-55(76)39-42-62(66)75-61-41-36-52(48-22-11-7-12-23-48)44-65(61)78(67-45-54(74(4,5)6)46-68(79)70(67)75)71-57(49-24-13-8-14-25-49)31-21-32-58(71)50-26-15-9-16-27-50/h7-47H,1-6H3/i7D,11D,12D,22D,23D. The molecule has 0 fully saturated rings. The first-order valence-electron chi connectivity index (χ1n) is 29.7. The molecule has 0 unspecified atom stereocenters. The number of hydrogen-bond donors (Lipinski definition) is 0. The number of benzene rings is 11. The summed E-state index contributed by atoms with van der Waals surface area (Å²) in [6.07, 6.45) is 0. The van der Waals surface area contributed by atoms with E-state index in [1.165, 1.54) is 5.56 Å². The van der Waals surface area contributed by atoms with Gasteiger partial charge in [-0.3, -0.25) is 0 Å². The first-order valence-corrected chi connectivity index (χ1v) is 27.6. The number of aromatic nitrogens is 1. The zero-order valence-electron chi connectivity index (χ0n) is 50.1. The van der Waals surface area contributed by atoms with Gasteiger partial charge in [0, 0.05) is 60.9 Å². The summed E-state index contributed by atoms with van der Waals surface area (Å²) in [5.74, 6) is 0. The molecule has 0 spiro atoms. The highest BCUT2D eigenvalue weighted by molar-refractivity contribution is 7.00. The van der Waals surface area contributed by atoms with E-state index in [4.69, 9.17) is 15.7 Å². The molecule has 0 saturated heterocycles. The molecule has 2 aliphatic rings. The molecule has 380 valence electrons. The number of nitrogens with zero attached hydrogens (tertiary/aromatic N) is 3. The van der Waals surface area contributed by atoms with Gasteiger partial charge in [0.05, 0.1) is 29.3 Å². The van der Waals surface area contributed by atoms with Crippen molar-refractivity contribution in [3.63, 3.8) is 0 Å². The van der Waals surface area contributed by atoms with E-state index in [1.54, 1.807) is 0 Å². The van der Waals surface area contributed by atoms with Gasteiger partial charge in [-0.1, -0.05) is 247 Å². The molecule has 11 aromatic carbocycles. The lowest BCUT2D eigenvalue weighted by molar-refractivity contribution is 0.590. The largest absolute Gasteiger partial charge is 0.310 e. The van der Waals surface area contributed by atoms with Crippen molar-refractivity contribution >= 4 is 90.6 Å². The second-order valence-electron chi connectivity index (χ2n) is 23.1. The van der Waals surface area contributed by atoms with Crippen LogP contribution in [0.2, 0.25) is 5.02 Å². The Bertz CT molecular complexity index is 4560. The highest BCUT2D eigenvalue weighted by Gasteiger charge is 2.46. The number of halogens is 1. The number of fused-ring (bicyclic) bond motifs is 7. The summed E-state index contributed by atoms with van der Waals surface area (Å²) in [5.41, 5.74) is 20.9. The molecule has 79 heavy (non-hydrogen) atoms. The van der Waals surface area contributed by atoms with Crippen LogP contribution < -0.4 is 26.2 Å². The molecule has 0 saturated carbocycles. The first-order chi connectivity index (χ1) is 40.5. The Balaban J connectivity index is 1.17. The topological polar surface area (TPSA) is 11.4 Å². The summed E-state index contributed by atoms with van der Waals surface area (Å²) < 4.78 is 47.4. The van der Waals surface area contributed by atoms with Crippen molar-refractivity contribution in [2.24, 2.45) is 0 Å².